The molecule has 0 spiro atoms. The van der Waals surface area contributed by atoms with Crippen molar-refractivity contribution in [2.24, 2.45) is 10.9 Å². The smallest absolute Gasteiger partial charge is 0.180 e. The van der Waals surface area contributed by atoms with E-state index in [-0.39, 0.29) is 0 Å². The van der Waals surface area contributed by atoms with Crippen molar-refractivity contribution in [1.82, 2.24) is 4.98 Å². The number of thiocarbonyl (C=S) groups is 1. The van der Waals surface area contributed by atoms with E-state index in [0.717, 1.165) is 0 Å². The van der Waals surface area contributed by atoms with Crippen LogP contribution >= 0.6 is 23.6 Å². The van der Waals surface area contributed by atoms with Crippen molar-refractivity contribution in [3.8, 4) is 0 Å². The van der Waals surface area contributed by atoms with Crippen molar-refractivity contribution < 1.29 is 0 Å². The summed E-state index contributed by atoms with van der Waals surface area (Å²) in [4.78, 5) is 3.94. The summed E-state index contributed by atoms with van der Waals surface area (Å²) in [5.41, 5.74) is 6.50. The van der Waals surface area contributed by atoms with Gasteiger partial charge in [-0.1, -0.05) is 12.2 Å². The molecule has 6 heteroatoms. The molecular formula is C5H6N4S2. The molecule has 0 fully saturated rings. The highest BCUT2D eigenvalue weighted by Gasteiger charge is 2.03. The Morgan fingerprint density at radius 1 is 1.82 bits per heavy atom. The first kappa shape index (κ1) is 8.09. The van der Waals surface area contributed by atoms with E-state index in [1.54, 1.807) is 5.38 Å². The Morgan fingerprint density at radius 3 is 2.91 bits per heavy atom. The largest absolute Gasteiger partial charge is 0.375 e. The molecule has 0 aromatic carbocycles. The quantitative estimate of drug-likeness (QED) is 0.303. The van der Waals surface area contributed by atoms with Crippen LogP contribution in [0.15, 0.2) is 10.5 Å². The van der Waals surface area contributed by atoms with Gasteiger partial charge in [-0.2, -0.15) is 5.10 Å². The number of aromatic nitrogens is 1. The molecule has 4 N–H and O–H groups in total. The van der Waals surface area contributed by atoms with Crippen LogP contribution in [-0.4, -0.2) is 16.1 Å². The van der Waals surface area contributed by atoms with Crippen LogP contribution in [0.2, 0.25) is 0 Å². The molecule has 58 valence electrons. The Balaban J connectivity index is 3.00. The van der Waals surface area contributed by atoms with Crippen LogP contribution in [0.3, 0.4) is 0 Å². The lowest BCUT2D eigenvalue weighted by Gasteiger charge is -1.88. The molecule has 4 nitrogen and oxygen atoms in total. The van der Waals surface area contributed by atoms with Crippen LogP contribution in [0.1, 0.15) is 5.69 Å². The van der Waals surface area contributed by atoms with Crippen LogP contribution in [0, 0.1) is 0 Å². The predicted molar refractivity (Wildman–Crippen MR) is 50.9 cm³/mol. The summed E-state index contributed by atoms with van der Waals surface area (Å²) in [7, 11) is 0. The maximum absolute atomic E-state index is 5.39. The van der Waals surface area contributed by atoms with E-state index in [9.17, 15) is 0 Å². The lowest BCUT2D eigenvalue weighted by atomic mass is 10.3. The highest BCUT2D eigenvalue weighted by Crippen LogP contribution is 2.10. The van der Waals surface area contributed by atoms with Crippen molar-refractivity contribution in [2.45, 2.75) is 0 Å². The lowest BCUT2D eigenvalue weighted by molar-refractivity contribution is 1.24. The lowest BCUT2D eigenvalue weighted by Crippen LogP contribution is -2.04. The molecule has 1 heterocycles. The van der Waals surface area contributed by atoms with Crippen LogP contribution in [0.5, 0.6) is 0 Å². The molecule has 0 amide bonds. The molecule has 0 unspecified atom stereocenters. The number of hydrogen-bond acceptors (Lipinski definition) is 6. The first-order chi connectivity index (χ1) is 5.27. The van der Waals surface area contributed by atoms with E-state index in [2.05, 4.69) is 22.3 Å². The SMILES string of the molecule is NN=C(C=S)c1csc(N)n1. The standard InChI is InChI=1S/C5H6N4S2/c6-5-8-4(2-11-5)3(1-10)9-7/h1-2H,7H2,(H2,6,8). The van der Waals surface area contributed by atoms with Gasteiger partial charge >= 0.3 is 0 Å². The van der Waals surface area contributed by atoms with Crippen LogP contribution in [-0.2, 0) is 0 Å². The van der Waals surface area contributed by atoms with Gasteiger partial charge in [0.2, 0.25) is 0 Å². The molecule has 1 aromatic rings. The van der Waals surface area contributed by atoms with Gasteiger partial charge in [-0.15, -0.1) is 11.3 Å². The van der Waals surface area contributed by atoms with Gasteiger partial charge in [0.15, 0.2) is 5.13 Å². The second-order valence-electron chi connectivity index (χ2n) is 1.70. The third-order valence-electron chi connectivity index (χ3n) is 1.04. The Kier molecular flexibility index (Phi) is 2.50. The number of nitrogens with two attached hydrogens (primary N) is 2. The molecular weight excluding hydrogens is 180 g/mol. The molecule has 0 aliphatic carbocycles. The first-order valence-corrected chi connectivity index (χ1v) is 4.07. The second kappa shape index (κ2) is 3.40. The Labute approximate surface area is 72.9 Å². The van der Waals surface area contributed by atoms with Crippen LogP contribution in [0.25, 0.3) is 0 Å². The van der Waals surface area contributed by atoms with Gasteiger partial charge in [-0.3, -0.25) is 0 Å². The van der Waals surface area contributed by atoms with E-state index in [0.29, 0.717) is 16.5 Å². The summed E-state index contributed by atoms with van der Waals surface area (Å²) in [5.74, 6) is 5.04. The number of thiazole rings is 1. The Hall–Kier alpha value is -1.01. The summed E-state index contributed by atoms with van der Waals surface area (Å²) < 4.78 is 0. The van der Waals surface area contributed by atoms with Crippen molar-refractivity contribution in [2.75, 3.05) is 5.73 Å². The van der Waals surface area contributed by atoms with E-state index >= 15 is 0 Å². The molecule has 11 heavy (non-hydrogen) atoms. The minimum absolute atomic E-state index is 0.480. The average molecular weight is 186 g/mol. The van der Waals surface area contributed by atoms with Gasteiger partial charge in [0, 0.05) is 10.7 Å². The van der Waals surface area contributed by atoms with Crippen molar-refractivity contribution in [3.63, 3.8) is 0 Å². The van der Waals surface area contributed by atoms with Crippen molar-refractivity contribution in [1.29, 1.82) is 0 Å². The second-order valence-corrected chi connectivity index (χ2v) is 2.83. The molecule has 1 rings (SSSR count). The summed E-state index contributed by atoms with van der Waals surface area (Å²) in [6, 6.07) is 0. The molecule has 0 radical (unpaired) electrons. The molecule has 0 aliphatic rings. The number of rotatable bonds is 2. The average Bonchev–Trinajstić information content (AvgIpc) is 2.39. The monoisotopic (exact) mass is 186 g/mol. The Bertz CT molecular complexity index is 290. The van der Waals surface area contributed by atoms with Crippen LogP contribution < -0.4 is 11.6 Å². The van der Waals surface area contributed by atoms with E-state index < -0.39 is 0 Å². The summed E-state index contributed by atoms with van der Waals surface area (Å²) in [6.07, 6.45) is 0. The highest BCUT2D eigenvalue weighted by molar-refractivity contribution is 7.80. The maximum atomic E-state index is 5.39. The molecule has 0 bridgehead atoms. The molecule has 0 aliphatic heterocycles. The highest BCUT2D eigenvalue weighted by atomic mass is 32.1. The maximum Gasteiger partial charge on any atom is 0.180 e. The van der Waals surface area contributed by atoms with Crippen molar-refractivity contribution >= 4 is 39.8 Å². The third kappa shape index (κ3) is 1.72. The zero-order valence-electron chi connectivity index (χ0n) is 5.52. The van der Waals surface area contributed by atoms with E-state index in [4.69, 9.17) is 11.6 Å². The van der Waals surface area contributed by atoms with Crippen molar-refractivity contribution in [3.05, 3.63) is 11.1 Å². The Morgan fingerprint density at radius 2 is 2.55 bits per heavy atom. The topological polar surface area (TPSA) is 77.3 Å². The fraction of sp³-hybridized carbons (Fsp3) is 0. The predicted octanol–water partition coefficient (Wildman–Crippen LogP) is 0.388. The van der Waals surface area contributed by atoms with Gasteiger partial charge < -0.3 is 11.6 Å². The number of nitrogens with zero attached hydrogens (tertiary/aromatic N) is 2. The minimum Gasteiger partial charge on any atom is -0.375 e. The van der Waals surface area contributed by atoms with Gasteiger partial charge in [-0.05, 0) is 0 Å². The zero-order valence-corrected chi connectivity index (χ0v) is 7.15. The molecule has 0 saturated carbocycles. The first-order valence-electron chi connectivity index (χ1n) is 2.72. The van der Waals surface area contributed by atoms with Gasteiger partial charge in [-0.25, -0.2) is 4.98 Å². The summed E-state index contributed by atoms with van der Waals surface area (Å²) in [5, 5.41) is 7.04. The normalized spacial score (nSPS) is 11.5. The summed E-state index contributed by atoms with van der Waals surface area (Å²) in [6.45, 7) is 0. The minimum atomic E-state index is 0.480. The molecule has 0 atom stereocenters. The zero-order chi connectivity index (χ0) is 8.27. The van der Waals surface area contributed by atoms with Gasteiger partial charge in [0.25, 0.3) is 0 Å². The van der Waals surface area contributed by atoms with Gasteiger partial charge in [0.05, 0.1) is 0 Å². The number of nitrogen functional groups attached to an aromatic ring is 1. The third-order valence-corrected chi connectivity index (χ3v) is 1.93. The number of anilines is 1. The van der Waals surface area contributed by atoms with Gasteiger partial charge in [0.1, 0.15) is 11.4 Å². The molecule has 0 saturated heterocycles. The fourth-order valence-electron chi connectivity index (χ4n) is 0.562. The number of hydrogen-bond donors (Lipinski definition) is 2. The van der Waals surface area contributed by atoms with E-state index in [1.165, 1.54) is 16.7 Å². The van der Waals surface area contributed by atoms with Crippen LogP contribution in [0.4, 0.5) is 5.13 Å². The number of hydrazone groups is 1. The molecule has 1 aromatic heterocycles. The van der Waals surface area contributed by atoms with E-state index in [1.807, 2.05) is 0 Å². The fourth-order valence-corrected chi connectivity index (χ4v) is 1.30. The summed E-state index contributed by atoms with van der Waals surface area (Å²) >= 11 is 5.98.